The van der Waals surface area contributed by atoms with Crippen LogP contribution in [0.15, 0.2) is 53.6 Å². The van der Waals surface area contributed by atoms with Gasteiger partial charge in [-0.15, -0.1) is 0 Å². The van der Waals surface area contributed by atoms with E-state index in [9.17, 15) is 22.8 Å². The van der Waals surface area contributed by atoms with Crippen LogP contribution in [0.2, 0.25) is 0 Å². The predicted molar refractivity (Wildman–Crippen MR) is 143 cm³/mol. The number of carboxylic acids is 1. The van der Waals surface area contributed by atoms with Crippen LogP contribution in [0.25, 0.3) is 22.0 Å². The summed E-state index contributed by atoms with van der Waals surface area (Å²) < 4.78 is 37.7. The van der Waals surface area contributed by atoms with Gasteiger partial charge < -0.3 is 25.0 Å². The molecule has 0 bridgehead atoms. The molecule has 41 heavy (non-hydrogen) atoms. The van der Waals surface area contributed by atoms with E-state index in [1.54, 1.807) is 18.5 Å². The lowest BCUT2D eigenvalue weighted by Crippen LogP contribution is -2.31. The molecule has 0 radical (unpaired) electrons. The normalized spacial score (nSPS) is 14.5. The Bertz CT molecular complexity index is 1600. The molecule has 216 valence electrons. The summed E-state index contributed by atoms with van der Waals surface area (Å²) in [6.45, 7) is 1.75. The molecule has 0 fully saturated rings. The molecule has 3 heterocycles. The molecule has 0 spiro atoms. The maximum absolute atomic E-state index is 12.9. The van der Waals surface area contributed by atoms with Crippen molar-refractivity contribution in [3.05, 3.63) is 76.1 Å². The number of carbonyl (C=O) groups is 2. The highest BCUT2D eigenvalue weighted by Gasteiger charge is 2.38. The van der Waals surface area contributed by atoms with Gasteiger partial charge >= 0.3 is 12.1 Å². The Labute approximate surface area is 231 Å². The summed E-state index contributed by atoms with van der Waals surface area (Å²) in [5.74, 6) is -1.65. The number of H-pyrrole nitrogens is 2. The third-order valence-corrected chi connectivity index (χ3v) is 6.26. The van der Waals surface area contributed by atoms with Crippen LogP contribution in [-0.4, -0.2) is 82.0 Å². The fraction of sp³-hybridized carbons (Fsp3) is 0.296. The molecule has 1 atom stereocenters. The van der Waals surface area contributed by atoms with Gasteiger partial charge in [0, 0.05) is 30.4 Å². The number of carbonyl (C=O) groups excluding carboxylic acids is 1. The summed E-state index contributed by atoms with van der Waals surface area (Å²) in [7, 11) is 3.93. The molecule has 5 rings (SSSR count). The summed E-state index contributed by atoms with van der Waals surface area (Å²) >= 11 is 0. The lowest BCUT2D eigenvalue weighted by Gasteiger charge is -2.25. The van der Waals surface area contributed by atoms with Gasteiger partial charge in [0.1, 0.15) is 11.6 Å². The number of amides is 1. The molecule has 2 aromatic carbocycles. The van der Waals surface area contributed by atoms with E-state index in [1.807, 2.05) is 49.3 Å². The number of alkyl halides is 3. The van der Waals surface area contributed by atoms with Gasteiger partial charge in [0.05, 0.1) is 29.6 Å². The highest BCUT2D eigenvalue weighted by atomic mass is 19.4. The third-order valence-electron chi connectivity index (χ3n) is 6.26. The summed E-state index contributed by atoms with van der Waals surface area (Å²) in [4.78, 5) is 44.0. The second kappa shape index (κ2) is 12.2. The van der Waals surface area contributed by atoms with Gasteiger partial charge in [-0.1, -0.05) is 6.07 Å². The van der Waals surface area contributed by atoms with Crippen LogP contribution in [0.3, 0.4) is 0 Å². The van der Waals surface area contributed by atoms with Crippen molar-refractivity contribution < 1.29 is 32.6 Å². The van der Waals surface area contributed by atoms with E-state index in [4.69, 9.17) is 19.6 Å². The fourth-order valence-corrected chi connectivity index (χ4v) is 4.14. The second-order valence-electron chi connectivity index (χ2n) is 9.57. The summed E-state index contributed by atoms with van der Waals surface area (Å²) in [5.41, 5.74) is 3.76. The van der Waals surface area contributed by atoms with E-state index >= 15 is 0 Å². The Kier molecular flexibility index (Phi) is 8.71. The molecular weight excluding hydrogens is 545 g/mol. The minimum absolute atomic E-state index is 0.113. The zero-order valence-electron chi connectivity index (χ0n) is 22.1. The number of hydrogen-bond donors (Lipinski definition) is 4. The predicted octanol–water partition coefficient (Wildman–Crippen LogP) is 2.96. The number of aliphatic carboxylic acids is 1. The number of aromatic nitrogens is 4. The van der Waals surface area contributed by atoms with Crippen molar-refractivity contribution in [3.63, 3.8) is 0 Å². The van der Waals surface area contributed by atoms with E-state index in [-0.39, 0.29) is 17.4 Å². The first-order valence-corrected chi connectivity index (χ1v) is 12.4. The Balaban J connectivity index is 0.000000493. The Hall–Kier alpha value is -4.72. The van der Waals surface area contributed by atoms with Crippen LogP contribution in [0.4, 0.5) is 13.2 Å². The molecule has 2 aromatic heterocycles. The molecular formula is C27H27F3N6O5. The van der Waals surface area contributed by atoms with E-state index < -0.39 is 12.1 Å². The highest BCUT2D eigenvalue weighted by Crippen LogP contribution is 2.32. The maximum atomic E-state index is 12.9. The van der Waals surface area contributed by atoms with Crippen LogP contribution < -0.4 is 15.6 Å². The number of rotatable bonds is 6. The Morgan fingerprint density at radius 1 is 1.17 bits per heavy atom. The zero-order valence-corrected chi connectivity index (χ0v) is 22.1. The van der Waals surface area contributed by atoms with Gasteiger partial charge in [0.15, 0.2) is 0 Å². The minimum atomic E-state index is -5.08. The number of aromatic amines is 2. The van der Waals surface area contributed by atoms with Crippen molar-refractivity contribution in [1.82, 2.24) is 30.4 Å². The van der Waals surface area contributed by atoms with E-state index in [0.717, 1.165) is 29.0 Å². The number of nitrogens with zero attached hydrogens (tertiary/aromatic N) is 3. The van der Waals surface area contributed by atoms with Crippen molar-refractivity contribution in [2.24, 2.45) is 0 Å². The van der Waals surface area contributed by atoms with Gasteiger partial charge in [-0.2, -0.15) is 18.3 Å². The first kappa shape index (κ1) is 29.3. The van der Waals surface area contributed by atoms with Crippen molar-refractivity contribution in [3.8, 4) is 16.9 Å². The zero-order chi connectivity index (χ0) is 29.7. The standard InChI is InChI=1S/C25H26N6O3.C2HF3O2/c1-31(2)8-7-26-24(32)16-4-6-22-17(9-16)10-18(14-34-22)23-29-21-5-3-15(19-12-27-28-13-19)11-20(21)25(33)30-23;3-2(4,5)1(6)7/h3-6,9,11-13,18H,7-8,10,14H2,1-2H3,(H,26,32)(H,27,28)(H,29,30,33);(H,6,7). The molecule has 0 saturated carbocycles. The fourth-order valence-electron chi connectivity index (χ4n) is 4.14. The number of ether oxygens (including phenoxy) is 1. The quantitative estimate of drug-likeness (QED) is 0.275. The number of likely N-dealkylation sites (N-methyl/N-ethyl adjacent to an activating group) is 1. The topological polar surface area (TPSA) is 153 Å². The molecule has 0 aliphatic carbocycles. The average molecular weight is 573 g/mol. The number of nitrogens with one attached hydrogen (secondary N) is 3. The molecule has 1 amide bonds. The molecule has 0 saturated heterocycles. The van der Waals surface area contributed by atoms with E-state index in [0.29, 0.717) is 41.9 Å². The largest absolute Gasteiger partial charge is 0.493 e. The first-order valence-electron chi connectivity index (χ1n) is 12.4. The van der Waals surface area contributed by atoms with Crippen LogP contribution in [0, 0.1) is 0 Å². The Morgan fingerprint density at radius 3 is 2.59 bits per heavy atom. The van der Waals surface area contributed by atoms with Gasteiger partial charge in [0.25, 0.3) is 11.5 Å². The van der Waals surface area contributed by atoms with Crippen LogP contribution in [0.5, 0.6) is 5.75 Å². The molecule has 1 aliphatic heterocycles. The minimum Gasteiger partial charge on any atom is -0.493 e. The molecule has 11 nitrogen and oxygen atoms in total. The number of fused-ring (bicyclic) bond motifs is 2. The molecule has 4 N–H and O–H groups in total. The van der Waals surface area contributed by atoms with Gasteiger partial charge in [-0.05, 0) is 62.0 Å². The Morgan fingerprint density at radius 2 is 1.93 bits per heavy atom. The van der Waals surface area contributed by atoms with Crippen molar-refractivity contribution in [2.75, 3.05) is 33.8 Å². The SMILES string of the molecule is CN(C)CCNC(=O)c1ccc2c(c1)CC(c1nc3ccc(-c4cn[nH]c4)cc3c(=O)[nH]1)CO2.O=C(O)C(F)(F)F. The maximum Gasteiger partial charge on any atom is 0.490 e. The average Bonchev–Trinajstić information content (AvgIpc) is 3.47. The lowest BCUT2D eigenvalue weighted by atomic mass is 9.94. The van der Waals surface area contributed by atoms with Crippen molar-refractivity contribution in [1.29, 1.82) is 0 Å². The highest BCUT2D eigenvalue weighted by molar-refractivity contribution is 5.94. The van der Waals surface area contributed by atoms with Gasteiger partial charge in [0.2, 0.25) is 0 Å². The first-order chi connectivity index (χ1) is 19.4. The molecule has 14 heteroatoms. The second-order valence-corrected chi connectivity index (χ2v) is 9.57. The van der Waals surface area contributed by atoms with Gasteiger partial charge in [-0.25, -0.2) is 9.78 Å². The number of halogens is 3. The van der Waals surface area contributed by atoms with Crippen LogP contribution in [0.1, 0.15) is 27.7 Å². The summed E-state index contributed by atoms with van der Waals surface area (Å²) in [6.07, 6.45) is -0.967. The van der Waals surface area contributed by atoms with Crippen molar-refractivity contribution in [2.45, 2.75) is 18.5 Å². The smallest absolute Gasteiger partial charge is 0.490 e. The summed E-state index contributed by atoms with van der Waals surface area (Å²) in [5, 5.41) is 17.3. The number of benzene rings is 2. The number of hydrogen-bond acceptors (Lipinski definition) is 7. The van der Waals surface area contributed by atoms with E-state index in [2.05, 4.69) is 20.5 Å². The molecule has 4 aromatic rings. The third kappa shape index (κ3) is 7.28. The van der Waals surface area contributed by atoms with Crippen LogP contribution in [-0.2, 0) is 11.2 Å². The van der Waals surface area contributed by atoms with E-state index in [1.165, 1.54) is 0 Å². The molecule has 1 aliphatic rings. The summed E-state index contributed by atoms with van der Waals surface area (Å²) in [6, 6.07) is 11.1. The monoisotopic (exact) mass is 572 g/mol. The molecule has 1 unspecified atom stereocenters. The lowest BCUT2D eigenvalue weighted by molar-refractivity contribution is -0.192. The number of carboxylic acid groups (broad SMARTS) is 1. The van der Waals surface area contributed by atoms with Gasteiger partial charge in [-0.3, -0.25) is 14.7 Å². The van der Waals surface area contributed by atoms with Crippen LogP contribution >= 0.6 is 0 Å². The van der Waals surface area contributed by atoms with Crippen molar-refractivity contribution >= 4 is 22.8 Å².